The van der Waals surface area contributed by atoms with Gasteiger partial charge in [-0.3, -0.25) is 14.4 Å². The second-order valence-corrected chi connectivity index (χ2v) is 12.6. The number of Topliss-reactive ketones (excluding diaryl/α,β-unsaturated/α-hetero) is 2. The Morgan fingerprint density at radius 2 is 1.74 bits per heavy atom. The Balaban J connectivity index is 1.69. The third kappa shape index (κ3) is 3.43. The highest BCUT2D eigenvalue weighted by Gasteiger charge is 2.81. The van der Waals surface area contributed by atoms with Crippen LogP contribution in [0.4, 0.5) is 4.79 Å². The van der Waals surface area contributed by atoms with Crippen LogP contribution in [0.1, 0.15) is 57.8 Å². The molecule has 0 N–H and O–H groups in total. The summed E-state index contributed by atoms with van der Waals surface area (Å²) in [6.45, 7) is 7.89. The van der Waals surface area contributed by atoms with Gasteiger partial charge < -0.3 is 28.4 Å². The molecule has 11 nitrogen and oxygen atoms in total. The minimum Gasteiger partial charge on any atom is -0.454 e. The van der Waals surface area contributed by atoms with Gasteiger partial charge in [-0.2, -0.15) is 0 Å². The smallest absolute Gasteiger partial charge is 0.454 e. The topological polar surface area (TPSA) is 141 Å². The molecule has 2 saturated carbocycles. The molecule has 1 spiro atoms. The summed E-state index contributed by atoms with van der Waals surface area (Å²) in [5.41, 5.74) is -5.33. The van der Waals surface area contributed by atoms with E-state index in [1.807, 2.05) is 0 Å². The highest BCUT2D eigenvalue weighted by atomic mass is 16.8. The maximum Gasteiger partial charge on any atom is 0.510 e. The molecule has 224 valence electrons. The van der Waals surface area contributed by atoms with E-state index in [-0.39, 0.29) is 29.9 Å². The summed E-state index contributed by atoms with van der Waals surface area (Å²) in [5, 5.41) is 0. The number of benzene rings is 1. The minimum atomic E-state index is -1.95. The first-order chi connectivity index (χ1) is 19.8. The Bertz CT molecular complexity index is 1430. The maximum absolute atomic E-state index is 14.8. The van der Waals surface area contributed by atoms with Crippen molar-refractivity contribution >= 4 is 29.7 Å². The van der Waals surface area contributed by atoms with Crippen LogP contribution in [-0.4, -0.2) is 79.0 Å². The van der Waals surface area contributed by atoms with Crippen molar-refractivity contribution in [3.05, 3.63) is 47.0 Å². The number of esters is 2. The summed E-state index contributed by atoms with van der Waals surface area (Å²) in [6.07, 6.45) is -5.31. The monoisotopic (exact) mass is 582 g/mol. The number of methoxy groups -OCH3 is 1. The molecule has 2 bridgehead atoms. The van der Waals surface area contributed by atoms with Crippen molar-refractivity contribution in [3.63, 3.8) is 0 Å². The Labute approximate surface area is 242 Å². The lowest BCUT2D eigenvalue weighted by atomic mass is 9.45. The molecular weight excluding hydrogens is 548 g/mol. The van der Waals surface area contributed by atoms with Gasteiger partial charge in [-0.15, -0.1) is 0 Å². The van der Waals surface area contributed by atoms with Gasteiger partial charge in [0, 0.05) is 24.9 Å². The van der Waals surface area contributed by atoms with Gasteiger partial charge in [0.2, 0.25) is 17.5 Å². The van der Waals surface area contributed by atoms with Crippen molar-refractivity contribution in [2.75, 3.05) is 13.7 Å². The highest BCUT2D eigenvalue weighted by molar-refractivity contribution is 6.06. The zero-order valence-corrected chi connectivity index (χ0v) is 24.4. The summed E-state index contributed by atoms with van der Waals surface area (Å²) in [4.78, 5) is 68.3. The fourth-order valence-electron chi connectivity index (χ4n) is 8.42. The van der Waals surface area contributed by atoms with Gasteiger partial charge in [-0.1, -0.05) is 39.0 Å². The van der Waals surface area contributed by atoms with E-state index >= 15 is 0 Å². The number of ketones is 2. The van der Waals surface area contributed by atoms with Crippen LogP contribution in [0.5, 0.6) is 0 Å². The summed E-state index contributed by atoms with van der Waals surface area (Å²) in [5.74, 6) is -3.45. The van der Waals surface area contributed by atoms with E-state index in [2.05, 4.69) is 0 Å². The fraction of sp³-hybridized carbons (Fsp3) is 0.581. The first-order valence-corrected chi connectivity index (χ1v) is 14.1. The van der Waals surface area contributed by atoms with Crippen molar-refractivity contribution in [1.29, 1.82) is 0 Å². The highest BCUT2D eigenvalue weighted by Crippen LogP contribution is 2.66. The number of carbonyl (C=O) groups excluding carboxylic acids is 5. The van der Waals surface area contributed by atoms with E-state index in [0.717, 1.165) is 0 Å². The Morgan fingerprint density at radius 1 is 1.05 bits per heavy atom. The molecule has 11 heteroatoms. The molecule has 2 saturated heterocycles. The van der Waals surface area contributed by atoms with E-state index in [1.165, 1.54) is 14.0 Å². The van der Waals surface area contributed by atoms with Gasteiger partial charge in [-0.05, 0) is 43.0 Å². The average Bonchev–Trinajstić information content (AvgIpc) is 3.30. The number of ether oxygens (including phenoxy) is 6. The van der Waals surface area contributed by atoms with Gasteiger partial charge in [0.1, 0.15) is 12.2 Å². The lowest BCUT2D eigenvalue weighted by molar-refractivity contribution is -0.330. The zero-order chi connectivity index (χ0) is 30.4. The first kappa shape index (κ1) is 28.5. The lowest BCUT2D eigenvalue weighted by Gasteiger charge is -2.66. The van der Waals surface area contributed by atoms with Crippen molar-refractivity contribution < 1.29 is 52.4 Å². The van der Waals surface area contributed by atoms with Crippen molar-refractivity contribution in [2.24, 2.45) is 16.7 Å². The van der Waals surface area contributed by atoms with E-state index in [0.29, 0.717) is 12.0 Å². The van der Waals surface area contributed by atoms with Crippen LogP contribution in [0.15, 0.2) is 41.5 Å². The van der Waals surface area contributed by atoms with Gasteiger partial charge in [-0.25, -0.2) is 9.59 Å². The molecule has 8 atom stereocenters. The van der Waals surface area contributed by atoms with Crippen molar-refractivity contribution in [3.8, 4) is 0 Å². The van der Waals surface area contributed by atoms with E-state index in [4.69, 9.17) is 28.4 Å². The van der Waals surface area contributed by atoms with Gasteiger partial charge in [0.05, 0.1) is 18.1 Å². The molecule has 1 aromatic rings. The molecule has 5 aliphatic rings. The maximum atomic E-state index is 14.8. The van der Waals surface area contributed by atoms with Crippen molar-refractivity contribution in [2.45, 2.75) is 83.1 Å². The predicted molar refractivity (Wildman–Crippen MR) is 142 cm³/mol. The van der Waals surface area contributed by atoms with Crippen LogP contribution in [0.3, 0.4) is 0 Å². The van der Waals surface area contributed by atoms with E-state index in [9.17, 15) is 24.0 Å². The van der Waals surface area contributed by atoms with Crippen LogP contribution in [-0.2, 0) is 42.8 Å². The summed E-state index contributed by atoms with van der Waals surface area (Å²) in [7, 11) is 1.38. The second kappa shape index (κ2) is 9.21. The molecule has 0 amide bonds. The summed E-state index contributed by atoms with van der Waals surface area (Å²) in [6, 6.07) is 8.20. The Morgan fingerprint density at radius 3 is 2.33 bits per heavy atom. The normalized spacial score (nSPS) is 39.8. The van der Waals surface area contributed by atoms with Crippen molar-refractivity contribution in [1.82, 2.24) is 0 Å². The standard InChI is InChI=1S/C31H34O11/c1-15-19-21(37-6)23(34)29(5)13-12-18-30(14-38-18,41-16(2)32)22(29)25(39-26(35)17-10-8-7-9-11-17)31(28(19,3)4)24(20(15)33)40-27(36)42-31/h7-11,18,21-22,24-25H,12-14H2,1-6H3/t18-,21-,22+,24+,25+,29-,30+,31-/m1/s1. The molecule has 6 rings (SSSR count). The van der Waals surface area contributed by atoms with Crippen LogP contribution in [0.2, 0.25) is 0 Å². The Kier molecular flexibility index (Phi) is 6.26. The molecule has 4 fully saturated rings. The molecule has 1 aromatic carbocycles. The number of hydrogen-bond acceptors (Lipinski definition) is 11. The van der Waals surface area contributed by atoms with E-state index < -0.39 is 76.2 Å². The van der Waals surface area contributed by atoms with Gasteiger partial charge in [0.15, 0.2) is 17.5 Å². The molecule has 0 unspecified atom stereocenters. The van der Waals surface area contributed by atoms with Gasteiger partial charge in [0.25, 0.3) is 0 Å². The quantitative estimate of drug-likeness (QED) is 0.382. The molecule has 3 aliphatic carbocycles. The minimum absolute atomic E-state index is 0.0898. The molecule has 0 aromatic heterocycles. The zero-order valence-electron chi connectivity index (χ0n) is 24.4. The molecule has 0 radical (unpaired) electrons. The van der Waals surface area contributed by atoms with Crippen LogP contribution >= 0.6 is 0 Å². The Hall–Kier alpha value is -3.57. The van der Waals surface area contributed by atoms with E-state index in [1.54, 1.807) is 58.0 Å². The van der Waals surface area contributed by atoms with Crippen LogP contribution < -0.4 is 0 Å². The largest absolute Gasteiger partial charge is 0.510 e. The molecule has 2 heterocycles. The fourth-order valence-corrected chi connectivity index (χ4v) is 8.42. The summed E-state index contributed by atoms with van der Waals surface area (Å²) >= 11 is 0. The third-order valence-corrected chi connectivity index (χ3v) is 10.3. The SMILES string of the molecule is CO[C@H]1C(=O)[C@]2(C)CC[C@H]3OC[C@@]3(OC(C)=O)[C@H]2[C@H](OC(=O)c2ccccc2)[C@]23OC(=O)O[C@H]2C(=O)C(C)=C1C3(C)C. The van der Waals surface area contributed by atoms with Gasteiger partial charge >= 0.3 is 18.1 Å². The van der Waals surface area contributed by atoms with Crippen LogP contribution in [0.25, 0.3) is 0 Å². The number of rotatable bonds is 4. The third-order valence-electron chi connectivity index (χ3n) is 10.3. The second-order valence-electron chi connectivity index (χ2n) is 12.6. The first-order valence-electron chi connectivity index (χ1n) is 14.1. The average molecular weight is 583 g/mol. The molecular formula is C31H34O11. The van der Waals surface area contributed by atoms with Crippen LogP contribution in [0, 0.1) is 16.7 Å². The predicted octanol–water partition coefficient (Wildman–Crippen LogP) is 3.13. The number of hydrogen-bond donors (Lipinski definition) is 0. The molecule has 2 aliphatic heterocycles. The lowest BCUT2D eigenvalue weighted by Crippen LogP contribution is -2.81. The molecule has 42 heavy (non-hydrogen) atoms. The number of carbonyl (C=O) groups is 5. The summed E-state index contributed by atoms with van der Waals surface area (Å²) < 4.78 is 35.8. The number of fused-ring (bicyclic) bond motifs is 4.